The van der Waals surface area contributed by atoms with Crippen molar-refractivity contribution >= 4 is 23.5 Å². The molecule has 0 fully saturated rings. The van der Waals surface area contributed by atoms with E-state index in [1.165, 1.54) is 6.07 Å². The first kappa shape index (κ1) is 10.5. The molecule has 1 aromatic carbocycles. The van der Waals surface area contributed by atoms with E-state index in [9.17, 15) is 9.59 Å². The number of halogens is 1. The first-order valence-corrected chi connectivity index (χ1v) is 4.25. The van der Waals surface area contributed by atoms with Gasteiger partial charge in [0.2, 0.25) is 0 Å². The van der Waals surface area contributed by atoms with Gasteiger partial charge in [0.25, 0.3) is 5.91 Å². The van der Waals surface area contributed by atoms with Gasteiger partial charge in [-0.15, -0.1) is 0 Å². The summed E-state index contributed by atoms with van der Waals surface area (Å²) in [5, 5.41) is 2.42. The van der Waals surface area contributed by atoms with Gasteiger partial charge in [0.1, 0.15) is 0 Å². The molecule has 1 rings (SSSR count). The Morgan fingerprint density at radius 1 is 1.43 bits per heavy atom. The average molecular weight is 213 g/mol. The number of carbonyl (C=O) groups excluding carboxylic acids is 2. The summed E-state index contributed by atoms with van der Waals surface area (Å²) < 4.78 is 0. The Bertz CT molecular complexity index is 390. The standard InChI is InChI=1S/C9H9ClN2O2/c1-5-2-3-6(4-7(5)10)8(13)12-9(11)14/h2-4H,1H3,(H3,11,12,13,14). The highest BCUT2D eigenvalue weighted by Crippen LogP contribution is 2.16. The highest BCUT2D eigenvalue weighted by atomic mass is 35.5. The van der Waals surface area contributed by atoms with E-state index in [4.69, 9.17) is 17.3 Å². The van der Waals surface area contributed by atoms with Crippen molar-refractivity contribution < 1.29 is 9.59 Å². The SMILES string of the molecule is Cc1ccc(C(=O)NC(N)=O)cc1Cl. The molecule has 0 aromatic heterocycles. The largest absolute Gasteiger partial charge is 0.351 e. The van der Waals surface area contributed by atoms with E-state index in [1.54, 1.807) is 12.1 Å². The molecule has 1 aromatic rings. The summed E-state index contributed by atoms with van der Waals surface area (Å²) in [5.41, 5.74) is 5.96. The summed E-state index contributed by atoms with van der Waals surface area (Å²) in [4.78, 5) is 21.6. The monoisotopic (exact) mass is 212 g/mol. The zero-order valence-corrected chi connectivity index (χ0v) is 8.26. The van der Waals surface area contributed by atoms with Crippen LogP contribution >= 0.6 is 11.6 Å². The molecule has 3 N–H and O–H groups in total. The Morgan fingerprint density at radius 2 is 2.07 bits per heavy atom. The van der Waals surface area contributed by atoms with Gasteiger partial charge in [0.15, 0.2) is 0 Å². The number of urea groups is 1. The lowest BCUT2D eigenvalue weighted by Gasteiger charge is -2.02. The summed E-state index contributed by atoms with van der Waals surface area (Å²) >= 11 is 5.80. The van der Waals surface area contributed by atoms with Crippen molar-refractivity contribution in [1.82, 2.24) is 5.32 Å². The fraction of sp³-hybridized carbons (Fsp3) is 0.111. The van der Waals surface area contributed by atoms with Gasteiger partial charge in [-0.25, -0.2) is 4.79 Å². The maximum Gasteiger partial charge on any atom is 0.319 e. The summed E-state index contributed by atoms with van der Waals surface area (Å²) in [6, 6.07) is 3.86. The number of carbonyl (C=O) groups is 2. The predicted molar refractivity (Wildman–Crippen MR) is 53.2 cm³/mol. The van der Waals surface area contributed by atoms with Crippen LogP contribution in [0.3, 0.4) is 0 Å². The van der Waals surface area contributed by atoms with Gasteiger partial charge in [0, 0.05) is 10.6 Å². The molecule has 0 unspecified atom stereocenters. The van der Waals surface area contributed by atoms with E-state index in [-0.39, 0.29) is 0 Å². The number of primary amides is 1. The van der Waals surface area contributed by atoms with Gasteiger partial charge in [-0.1, -0.05) is 17.7 Å². The normalized spacial score (nSPS) is 9.57. The molecular formula is C9H9ClN2O2. The topological polar surface area (TPSA) is 72.2 Å². The van der Waals surface area contributed by atoms with Crippen LogP contribution in [-0.2, 0) is 0 Å². The Morgan fingerprint density at radius 3 is 2.57 bits per heavy atom. The first-order valence-electron chi connectivity index (χ1n) is 3.87. The zero-order chi connectivity index (χ0) is 10.7. The fourth-order valence-electron chi connectivity index (χ4n) is 0.918. The number of imide groups is 1. The van der Waals surface area contributed by atoms with Gasteiger partial charge >= 0.3 is 6.03 Å². The third-order valence-corrected chi connectivity index (χ3v) is 2.08. The zero-order valence-electron chi connectivity index (χ0n) is 7.50. The second-order valence-electron chi connectivity index (χ2n) is 2.78. The molecule has 0 radical (unpaired) electrons. The maximum atomic E-state index is 11.2. The third-order valence-electron chi connectivity index (χ3n) is 1.67. The molecule has 4 nitrogen and oxygen atoms in total. The molecule has 0 aliphatic rings. The van der Waals surface area contributed by atoms with Crippen LogP contribution in [0.1, 0.15) is 15.9 Å². The van der Waals surface area contributed by atoms with Crippen molar-refractivity contribution in [3.63, 3.8) is 0 Å². The quantitative estimate of drug-likeness (QED) is 0.740. The number of hydrogen-bond donors (Lipinski definition) is 2. The smallest absolute Gasteiger partial charge is 0.319 e. The van der Waals surface area contributed by atoms with Crippen molar-refractivity contribution in [3.05, 3.63) is 34.3 Å². The summed E-state index contributed by atoms with van der Waals surface area (Å²) in [6.07, 6.45) is 0. The number of aryl methyl sites for hydroxylation is 1. The Kier molecular flexibility index (Phi) is 3.09. The molecule has 0 bridgehead atoms. The molecule has 3 amide bonds. The number of rotatable bonds is 1. The number of nitrogens with one attached hydrogen (secondary N) is 1. The number of benzene rings is 1. The van der Waals surface area contributed by atoms with Crippen LogP contribution in [0, 0.1) is 6.92 Å². The van der Waals surface area contributed by atoms with Crippen LogP contribution in [0.4, 0.5) is 4.79 Å². The molecule has 5 heteroatoms. The van der Waals surface area contributed by atoms with Gasteiger partial charge in [-0.2, -0.15) is 0 Å². The van der Waals surface area contributed by atoms with Crippen LogP contribution in [0.15, 0.2) is 18.2 Å². The van der Waals surface area contributed by atoms with Gasteiger partial charge in [0.05, 0.1) is 0 Å². The molecule has 0 saturated carbocycles. The second-order valence-corrected chi connectivity index (χ2v) is 3.19. The molecule has 74 valence electrons. The Labute approximate surface area is 86.0 Å². The second kappa shape index (κ2) is 4.11. The maximum absolute atomic E-state index is 11.2. The minimum Gasteiger partial charge on any atom is -0.351 e. The lowest BCUT2D eigenvalue weighted by atomic mass is 10.1. The molecule has 0 saturated heterocycles. The summed E-state index contributed by atoms with van der Waals surface area (Å²) in [5.74, 6) is -0.556. The third kappa shape index (κ3) is 2.47. The fourth-order valence-corrected chi connectivity index (χ4v) is 1.10. The Hall–Kier alpha value is -1.55. The molecule has 0 aliphatic heterocycles. The highest BCUT2D eigenvalue weighted by molar-refractivity contribution is 6.31. The van der Waals surface area contributed by atoms with Gasteiger partial charge < -0.3 is 5.73 Å². The van der Waals surface area contributed by atoms with E-state index in [1.807, 2.05) is 12.2 Å². The number of hydrogen-bond acceptors (Lipinski definition) is 2. The van der Waals surface area contributed by atoms with Gasteiger partial charge in [-0.3, -0.25) is 10.1 Å². The average Bonchev–Trinajstić information content (AvgIpc) is 2.08. The molecule has 0 heterocycles. The molecule has 0 spiro atoms. The van der Waals surface area contributed by atoms with Crippen LogP contribution in [0.2, 0.25) is 5.02 Å². The number of amides is 3. The van der Waals surface area contributed by atoms with E-state index >= 15 is 0 Å². The van der Waals surface area contributed by atoms with Crippen molar-refractivity contribution in [2.24, 2.45) is 5.73 Å². The number of nitrogens with two attached hydrogens (primary N) is 1. The predicted octanol–water partition coefficient (Wildman–Crippen LogP) is 1.46. The molecule has 0 aliphatic carbocycles. The van der Waals surface area contributed by atoms with Crippen LogP contribution in [0.5, 0.6) is 0 Å². The van der Waals surface area contributed by atoms with Gasteiger partial charge in [-0.05, 0) is 24.6 Å². The molecular weight excluding hydrogens is 204 g/mol. The van der Waals surface area contributed by atoms with Crippen molar-refractivity contribution in [2.45, 2.75) is 6.92 Å². The highest BCUT2D eigenvalue weighted by Gasteiger charge is 2.08. The minimum atomic E-state index is -0.883. The summed E-state index contributed by atoms with van der Waals surface area (Å²) in [6.45, 7) is 1.82. The lowest BCUT2D eigenvalue weighted by molar-refractivity contribution is 0.0966. The van der Waals surface area contributed by atoms with E-state index in [0.29, 0.717) is 10.6 Å². The lowest BCUT2D eigenvalue weighted by Crippen LogP contribution is -2.34. The van der Waals surface area contributed by atoms with Crippen molar-refractivity contribution in [1.29, 1.82) is 0 Å². The van der Waals surface area contributed by atoms with Crippen LogP contribution in [-0.4, -0.2) is 11.9 Å². The van der Waals surface area contributed by atoms with Crippen molar-refractivity contribution in [3.8, 4) is 0 Å². The Balaban J connectivity index is 2.91. The van der Waals surface area contributed by atoms with E-state index < -0.39 is 11.9 Å². The van der Waals surface area contributed by atoms with E-state index in [0.717, 1.165) is 5.56 Å². The van der Waals surface area contributed by atoms with E-state index in [2.05, 4.69) is 0 Å². The minimum absolute atomic E-state index is 0.305. The van der Waals surface area contributed by atoms with Crippen LogP contribution in [0.25, 0.3) is 0 Å². The first-order chi connectivity index (χ1) is 6.50. The molecule has 0 atom stereocenters. The summed E-state index contributed by atoms with van der Waals surface area (Å²) in [7, 11) is 0. The van der Waals surface area contributed by atoms with Crippen LogP contribution < -0.4 is 11.1 Å². The van der Waals surface area contributed by atoms with Crippen molar-refractivity contribution in [2.75, 3.05) is 0 Å². The molecule has 14 heavy (non-hydrogen) atoms.